The van der Waals surface area contributed by atoms with Gasteiger partial charge in [-0.3, -0.25) is 9.69 Å². The van der Waals surface area contributed by atoms with Crippen LogP contribution in [0.25, 0.3) is 0 Å². The Morgan fingerprint density at radius 3 is 2.65 bits per heavy atom. The third-order valence-electron chi connectivity index (χ3n) is 4.81. The quantitative estimate of drug-likeness (QED) is 0.840. The minimum Gasteiger partial charge on any atom is -0.381 e. The van der Waals surface area contributed by atoms with Gasteiger partial charge < -0.3 is 10.1 Å². The van der Waals surface area contributed by atoms with Crippen LogP contribution in [0.5, 0.6) is 0 Å². The summed E-state index contributed by atoms with van der Waals surface area (Å²) in [5.41, 5.74) is 0. The fourth-order valence-electron chi connectivity index (χ4n) is 3.34. The molecule has 2 unspecified atom stereocenters. The maximum Gasteiger partial charge on any atom is 0.412 e. The van der Waals surface area contributed by atoms with Crippen molar-refractivity contribution in [3.05, 3.63) is 12.7 Å². The first kappa shape index (κ1) is 18.6. The number of rotatable bonds is 5. The van der Waals surface area contributed by atoms with Crippen molar-refractivity contribution in [2.24, 2.45) is 11.8 Å². The first-order chi connectivity index (χ1) is 12.4. The van der Waals surface area contributed by atoms with Crippen LogP contribution in [-0.2, 0) is 9.53 Å². The lowest BCUT2D eigenvalue weighted by Gasteiger charge is -2.35. The summed E-state index contributed by atoms with van der Waals surface area (Å²) >= 11 is 0. The van der Waals surface area contributed by atoms with E-state index in [1.807, 2.05) is 0 Å². The molecule has 2 saturated heterocycles. The van der Waals surface area contributed by atoms with Crippen LogP contribution in [0.15, 0.2) is 12.7 Å². The van der Waals surface area contributed by atoms with Crippen LogP contribution in [-0.4, -0.2) is 64.1 Å². The van der Waals surface area contributed by atoms with Gasteiger partial charge >= 0.3 is 12.2 Å². The predicted octanol–water partition coefficient (Wildman–Crippen LogP) is 1.37. The lowest BCUT2D eigenvalue weighted by atomic mass is 9.87. The molecule has 1 aromatic rings. The maximum absolute atomic E-state index is 13.4. The van der Waals surface area contributed by atoms with Crippen molar-refractivity contribution in [3.63, 3.8) is 0 Å². The normalized spacial score (nSPS) is 23.8. The second-order valence-corrected chi connectivity index (χ2v) is 6.56. The Hall–Kier alpha value is -2.17. The van der Waals surface area contributed by atoms with Gasteiger partial charge in [0.15, 0.2) is 6.04 Å². The Balaban J connectivity index is 1.72. The van der Waals surface area contributed by atoms with Crippen molar-refractivity contribution in [2.75, 3.05) is 26.3 Å². The minimum atomic E-state index is -4.68. The number of urea groups is 1. The Morgan fingerprint density at radius 2 is 2.04 bits per heavy atom. The number of hydrogen-bond donors (Lipinski definition) is 1. The van der Waals surface area contributed by atoms with Crippen molar-refractivity contribution in [2.45, 2.75) is 31.5 Å². The number of ether oxygens (including phenoxy) is 1. The number of aromatic nitrogens is 3. The fourth-order valence-corrected chi connectivity index (χ4v) is 3.34. The van der Waals surface area contributed by atoms with E-state index in [0.29, 0.717) is 29.2 Å². The summed E-state index contributed by atoms with van der Waals surface area (Å²) in [6.07, 6.45) is -0.639. The van der Waals surface area contributed by atoms with Crippen LogP contribution in [0.2, 0.25) is 0 Å². The zero-order chi connectivity index (χ0) is 18.7. The molecule has 1 N–H and O–H groups in total. The molecule has 11 heteroatoms. The van der Waals surface area contributed by atoms with E-state index in [1.165, 1.54) is 0 Å². The highest BCUT2D eigenvalue weighted by Gasteiger charge is 2.46. The molecule has 0 radical (unpaired) electrons. The van der Waals surface area contributed by atoms with Crippen molar-refractivity contribution < 1.29 is 27.5 Å². The lowest BCUT2D eigenvalue weighted by molar-refractivity contribution is -0.175. The average Bonchev–Trinajstić information content (AvgIpc) is 3.11. The summed E-state index contributed by atoms with van der Waals surface area (Å²) in [5, 5.41) is 6.04. The van der Waals surface area contributed by atoms with Crippen LogP contribution in [0, 0.1) is 11.8 Å². The molecule has 2 fully saturated rings. The van der Waals surface area contributed by atoms with Gasteiger partial charge in [0.1, 0.15) is 12.7 Å². The van der Waals surface area contributed by atoms with E-state index in [2.05, 4.69) is 15.4 Å². The molecule has 0 spiro atoms. The zero-order valence-corrected chi connectivity index (χ0v) is 14.0. The molecule has 144 valence electrons. The number of carbonyl (C=O) groups is 2. The highest BCUT2D eigenvalue weighted by Crippen LogP contribution is 2.32. The van der Waals surface area contributed by atoms with Crippen LogP contribution >= 0.6 is 0 Å². The molecule has 3 amide bonds. The number of hydrogen-bond acceptors (Lipinski definition) is 5. The average molecular weight is 375 g/mol. The molecule has 2 atom stereocenters. The maximum atomic E-state index is 13.4. The molecule has 0 bridgehead atoms. The highest BCUT2D eigenvalue weighted by atomic mass is 19.4. The van der Waals surface area contributed by atoms with Gasteiger partial charge in [-0.15, -0.1) is 0 Å². The third kappa shape index (κ3) is 4.14. The second-order valence-electron chi connectivity index (χ2n) is 6.56. The molecule has 0 saturated carbocycles. The third-order valence-corrected chi connectivity index (χ3v) is 4.81. The van der Waals surface area contributed by atoms with E-state index in [4.69, 9.17) is 4.74 Å². The smallest absolute Gasteiger partial charge is 0.381 e. The second kappa shape index (κ2) is 7.60. The van der Waals surface area contributed by atoms with Crippen molar-refractivity contribution >= 4 is 11.9 Å². The number of alkyl halides is 3. The molecule has 8 nitrogen and oxygen atoms in total. The number of nitrogens with one attached hydrogen (secondary N) is 1. The molecule has 0 aromatic carbocycles. The van der Waals surface area contributed by atoms with Gasteiger partial charge in [-0.1, -0.05) is 0 Å². The summed E-state index contributed by atoms with van der Waals surface area (Å²) < 4.78 is 46.1. The van der Waals surface area contributed by atoms with E-state index < -0.39 is 36.6 Å². The summed E-state index contributed by atoms with van der Waals surface area (Å²) in [6.45, 7) is 0.543. The van der Waals surface area contributed by atoms with Crippen LogP contribution in [0.1, 0.15) is 25.3 Å². The Bertz CT molecular complexity index is 631. The van der Waals surface area contributed by atoms with Gasteiger partial charge in [0.2, 0.25) is 5.91 Å². The van der Waals surface area contributed by atoms with Gasteiger partial charge in [0.25, 0.3) is 0 Å². The first-order valence-corrected chi connectivity index (χ1v) is 8.44. The standard InChI is InChI=1S/C15H20F3N5O3/c16-15(17,18)12(23-9-19-8-21-23)7-22-13(24)11(6-20-14(22)25)5-10-1-3-26-4-2-10/h8-12H,1-7H2,(H,20,25). The molecular formula is C15H20F3N5O3. The van der Waals surface area contributed by atoms with Gasteiger partial charge in [-0.2, -0.15) is 18.3 Å². The summed E-state index contributed by atoms with van der Waals surface area (Å²) in [5.74, 6) is -0.835. The Labute approximate surface area is 147 Å². The molecule has 26 heavy (non-hydrogen) atoms. The number of carbonyl (C=O) groups excluding carboxylic acids is 2. The predicted molar refractivity (Wildman–Crippen MR) is 81.9 cm³/mol. The van der Waals surface area contributed by atoms with Crippen molar-refractivity contribution in [1.29, 1.82) is 0 Å². The Morgan fingerprint density at radius 1 is 1.31 bits per heavy atom. The zero-order valence-electron chi connectivity index (χ0n) is 14.0. The fraction of sp³-hybridized carbons (Fsp3) is 0.733. The number of halogens is 3. The molecule has 3 rings (SSSR count). The topological polar surface area (TPSA) is 89.4 Å². The molecule has 0 aliphatic carbocycles. The van der Waals surface area contributed by atoms with Crippen LogP contribution in [0.3, 0.4) is 0 Å². The van der Waals surface area contributed by atoms with Crippen LogP contribution in [0.4, 0.5) is 18.0 Å². The van der Waals surface area contributed by atoms with Gasteiger partial charge in [0, 0.05) is 19.8 Å². The van der Waals surface area contributed by atoms with E-state index in [0.717, 1.165) is 25.5 Å². The SMILES string of the molecule is O=C1NCC(CC2CCOCC2)C(=O)N1CC(n1cncn1)C(F)(F)F. The van der Waals surface area contributed by atoms with Gasteiger partial charge in [-0.05, 0) is 25.2 Å². The number of amides is 3. The van der Waals surface area contributed by atoms with E-state index in [1.54, 1.807) is 0 Å². The largest absolute Gasteiger partial charge is 0.412 e. The first-order valence-electron chi connectivity index (χ1n) is 8.44. The molecule has 2 aliphatic heterocycles. The van der Waals surface area contributed by atoms with Crippen molar-refractivity contribution in [3.8, 4) is 0 Å². The van der Waals surface area contributed by atoms with E-state index in [9.17, 15) is 22.8 Å². The van der Waals surface area contributed by atoms with Gasteiger partial charge in [-0.25, -0.2) is 14.5 Å². The summed E-state index contributed by atoms with van der Waals surface area (Å²) in [6, 6.07) is -2.95. The molecule has 3 heterocycles. The number of imide groups is 1. The minimum absolute atomic E-state index is 0.144. The molecular weight excluding hydrogens is 355 g/mol. The monoisotopic (exact) mass is 375 g/mol. The van der Waals surface area contributed by atoms with Crippen molar-refractivity contribution in [1.82, 2.24) is 25.0 Å². The molecule has 2 aliphatic rings. The Kier molecular flexibility index (Phi) is 5.44. The highest BCUT2D eigenvalue weighted by molar-refractivity contribution is 5.98. The van der Waals surface area contributed by atoms with Gasteiger partial charge in [0.05, 0.1) is 12.5 Å². The summed E-state index contributed by atoms with van der Waals surface area (Å²) in [7, 11) is 0. The lowest BCUT2D eigenvalue weighted by Crippen LogP contribution is -2.57. The number of nitrogens with zero attached hydrogens (tertiary/aromatic N) is 4. The van der Waals surface area contributed by atoms with Crippen LogP contribution < -0.4 is 5.32 Å². The molecule has 1 aromatic heterocycles. The van der Waals surface area contributed by atoms with E-state index >= 15 is 0 Å². The van der Waals surface area contributed by atoms with E-state index in [-0.39, 0.29) is 12.5 Å². The summed E-state index contributed by atoms with van der Waals surface area (Å²) in [4.78, 5) is 28.9.